The molecule has 4 atom stereocenters. The number of halogens is 1. The van der Waals surface area contributed by atoms with E-state index in [1.165, 1.54) is 54.8 Å². The molecule has 0 unspecified atom stereocenters. The number of fused-ring (bicyclic) bond motifs is 1. The van der Waals surface area contributed by atoms with Crippen molar-refractivity contribution in [3.63, 3.8) is 0 Å². The van der Waals surface area contributed by atoms with Gasteiger partial charge in [-0.15, -0.1) is 0 Å². The van der Waals surface area contributed by atoms with Gasteiger partial charge in [-0.3, -0.25) is 13.5 Å². The molecule has 3 heterocycles. The number of phenolic OH excluding ortho intramolecular Hbond substituents is 1. The maximum atomic E-state index is 12.2. The van der Waals surface area contributed by atoms with Crippen molar-refractivity contribution in [3.8, 4) is 5.75 Å². The normalized spacial score (nSPS) is 20.9. The molecule has 3 aromatic rings. The SMILES string of the molecule is CCN(CC)CC.Nc1ncnc2c1nc(Br)n2[C@@H]1O[C@H](COS(=O)(=O)NC(=O)c2ccccc2O)[C@@H](O)[C@H]1O. The summed E-state index contributed by atoms with van der Waals surface area (Å²) in [5, 5.41) is 30.5. The lowest BCUT2D eigenvalue weighted by atomic mass is 10.1. The minimum atomic E-state index is -4.64. The van der Waals surface area contributed by atoms with Crippen molar-refractivity contribution in [3.05, 3.63) is 40.9 Å². The molecule has 17 heteroatoms. The van der Waals surface area contributed by atoms with Crippen LogP contribution >= 0.6 is 15.9 Å². The maximum Gasteiger partial charge on any atom is 0.362 e. The van der Waals surface area contributed by atoms with Crippen LogP contribution < -0.4 is 10.5 Å². The molecule has 220 valence electrons. The van der Waals surface area contributed by atoms with Gasteiger partial charge in [0.25, 0.3) is 5.91 Å². The molecule has 1 amide bonds. The van der Waals surface area contributed by atoms with E-state index in [4.69, 9.17) is 14.7 Å². The molecule has 0 bridgehead atoms. The molecule has 2 aromatic heterocycles. The second-order valence-corrected chi connectivity index (χ2v) is 10.6. The van der Waals surface area contributed by atoms with E-state index in [-0.39, 0.29) is 27.3 Å². The van der Waals surface area contributed by atoms with Crippen LogP contribution in [0.4, 0.5) is 5.82 Å². The molecule has 1 aliphatic rings. The van der Waals surface area contributed by atoms with Gasteiger partial charge in [0.2, 0.25) is 0 Å². The van der Waals surface area contributed by atoms with Gasteiger partial charge in [0, 0.05) is 0 Å². The topological polar surface area (TPSA) is 215 Å². The van der Waals surface area contributed by atoms with Crippen molar-refractivity contribution in [2.24, 2.45) is 0 Å². The summed E-state index contributed by atoms with van der Waals surface area (Å²) in [5.41, 5.74) is 5.92. The van der Waals surface area contributed by atoms with Crippen molar-refractivity contribution in [2.45, 2.75) is 45.3 Å². The largest absolute Gasteiger partial charge is 0.507 e. The Morgan fingerprint density at radius 2 is 1.82 bits per heavy atom. The Hall–Kier alpha value is -2.93. The number of nitrogens with zero attached hydrogens (tertiary/aromatic N) is 5. The Morgan fingerprint density at radius 3 is 2.42 bits per heavy atom. The number of anilines is 1. The molecule has 1 aliphatic heterocycles. The summed E-state index contributed by atoms with van der Waals surface area (Å²) >= 11 is 3.21. The smallest absolute Gasteiger partial charge is 0.362 e. The van der Waals surface area contributed by atoms with E-state index in [0.29, 0.717) is 0 Å². The summed E-state index contributed by atoms with van der Waals surface area (Å²) in [6.45, 7) is 9.39. The lowest BCUT2D eigenvalue weighted by Gasteiger charge is -2.17. The number of benzene rings is 1. The number of nitrogen functional groups attached to an aromatic ring is 1. The molecular formula is C23H32BrN7O8S. The van der Waals surface area contributed by atoms with Crippen LogP contribution in [0.5, 0.6) is 5.75 Å². The maximum absolute atomic E-state index is 12.2. The number of para-hydroxylation sites is 1. The van der Waals surface area contributed by atoms with Crippen LogP contribution in [0, 0.1) is 0 Å². The van der Waals surface area contributed by atoms with Gasteiger partial charge in [-0.1, -0.05) is 32.9 Å². The van der Waals surface area contributed by atoms with E-state index in [0.717, 1.165) is 0 Å². The number of hydrogen-bond acceptors (Lipinski definition) is 13. The number of aliphatic hydroxyl groups is 2. The van der Waals surface area contributed by atoms with E-state index in [2.05, 4.69) is 56.6 Å². The number of aromatic hydroxyl groups is 1. The molecule has 6 N–H and O–H groups in total. The summed E-state index contributed by atoms with van der Waals surface area (Å²) in [6.07, 6.45) is -4.41. The third-order valence-electron chi connectivity index (χ3n) is 6.15. The first-order valence-corrected chi connectivity index (χ1v) is 14.5. The molecule has 1 saturated heterocycles. The van der Waals surface area contributed by atoms with E-state index in [9.17, 15) is 28.5 Å². The fourth-order valence-corrected chi connectivity index (χ4v) is 5.15. The van der Waals surface area contributed by atoms with Crippen molar-refractivity contribution in [1.29, 1.82) is 0 Å². The first-order valence-electron chi connectivity index (χ1n) is 12.3. The van der Waals surface area contributed by atoms with Crippen molar-refractivity contribution >= 4 is 49.1 Å². The van der Waals surface area contributed by atoms with Crippen LogP contribution in [0.3, 0.4) is 0 Å². The Balaban J connectivity index is 0.000000559. The van der Waals surface area contributed by atoms with Crippen LogP contribution in [0.2, 0.25) is 0 Å². The number of carbonyl (C=O) groups excluding carboxylic acids is 1. The third kappa shape index (κ3) is 7.22. The number of amides is 1. The van der Waals surface area contributed by atoms with E-state index >= 15 is 0 Å². The second kappa shape index (κ2) is 13.6. The average Bonchev–Trinajstić information content (AvgIpc) is 3.40. The van der Waals surface area contributed by atoms with Crippen LogP contribution in [-0.2, 0) is 19.2 Å². The van der Waals surface area contributed by atoms with Gasteiger partial charge in [-0.25, -0.2) is 19.7 Å². The summed E-state index contributed by atoms with van der Waals surface area (Å²) in [4.78, 5) is 26.5. The predicted octanol–water partition coefficient (Wildman–Crippen LogP) is 0.535. The fourth-order valence-electron chi connectivity index (χ4n) is 3.90. The number of rotatable bonds is 9. The Labute approximate surface area is 239 Å². The summed E-state index contributed by atoms with van der Waals surface area (Å²) in [7, 11) is -4.64. The van der Waals surface area contributed by atoms with Crippen molar-refractivity contribution in [2.75, 3.05) is 32.0 Å². The molecular weight excluding hydrogens is 614 g/mol. The van der Waals surface area contributed by atoms with Crippen LogP contribution in [0.25, 0.3) is 11.2 Å². The molecule has 15 nitrogen and oxygen atoms in total. The van der Waals surface area contributed by atoms with Crippen LogP contribution in [0.1, 0.15) is 37.4 Å². The first-order chi connectivity index (χ1) is 18.9. The quantitative estimate of drug-likeness (QED) is 0.201. The highest BCUT2D eigenvalue weighted by Crippen LogP contribution is 2.35. The minimum Gasteiger partial charge on any atom is -0.507 e. The Bertz CT molecular complexity index is 1410. The average molecular weight is 647 g/mol. The monoisotopic (exact) mass is 645 g/mol. The number of imidazole rings is 1. The standard InChI is InChI=1S/C17H17BrN6O8S.C6H15N/c18-17-22-10-13(19)20-6-21-14(10)24(17)16-12(27)11(26)9(32-16)5-31-33(29,30)23-15(28)7-3-1-2-4-8(7)25;1-4-7(5-2)6-3/h1-4,6,9,11-12,16,25-27H,5H2,(H,23,28)(H2,19,20,21);4-6H2,1-3H3/t9-,11-,12-,16-;/m1./s1. The van der Waals surface area contributed by atoms with Gasteiger partial charge in [-0.05, 0) is 47.7 Å². The number of nitrogens with one attached hydrogen (secondary N) is 1. The minimum absolute atomic E-state index is 0.0821. The summed E-state index contributed by atoms with van der Waals surface area (Å²) in [5.74, 6) is -1.46. The number of phenols is 1. The van der Waals surface area contributed by atoms with Gasteiger partial charge in [0.1, 0.15) is 30.4 Å². The van der Waals surface area contributed by atoms with E-state index < -0.39 is 53.1 Å². The van der Waals surface area contributed by atoms with Crippen molar-refractivity contribution < 1.29 is 37.5 Å². The van der Waals surface area contributed by atoms with Gasteiger partial charge in [0.05, 0.1) is 12.2 Å². The highest BCUT2D eigenvalue weighted by Gasteiger charge is 2.46. The van der Waals surface area contributed by atoms with Crippen LogP contribution in [-0.4, -0.2) is 98.6 Å². The number of ether oxygens (including phenoxy) is 1. The highest BCUT2D eigenvalue weighted by atomic mass is 79.9. The molecule has 4 rings (SSSR count). The van der Waals surface area contributed by atoms with Gasteiger partial charge in [0.15, 0.2) is 27.9 Å². The van der Waals surface area contributed by atoms with Gasteiger partial charge < -0.3 is 30.7 Å². The third-order valence-corrected chi connectivity index (χ3v) is 7.59. The molecule has 40 heavy (non-hydrogen) atoms. The zero-order valence-electron chi connectivity index (χ0n) is 22.0. The van der Waals surface area contributed by atoms with E-state index in [1.54, 1.807) is 4.72 Å². The lowest BCUT2D eigenvalue weighted by Crippen LogP contribution is -2.37. The number of nitrogens with two attached hydrogens (primary N) is 1. The zero-order valence-corrected chi connectivity index (χ0v) is 24.4. The predicted molar refractivity (Wildman–Crippen MR) is 147 cm³/mol. The first kappa shape index (κ1) is 31.6. The number of aliphatic hydroxyl groups excluding tert-OH is 2. The number of hydrogen-bond donors (Lipinski definition) is 5. The molecule has 1 fully saturated rings. The zero-order chi connectivity index (χ0) is 29.6. The number of aromatic nitrogens is 4. The molecule has 1 aromatic carbocycles. The second-order valence-electron chi connectivity index (χ2n) is 8.53. The molecule has 0 aliphatic carbocycles. The Kier molecular flexibility index (Phi) is 10.8. The van der Waals surface area contributed by atoms with Gasteiger partial charge in [-0.2, -0.15) is 8.42 Å². The molecule has 0 saturated carbocycles. The number of carbonyl (C=O) groups is 1. The fraction of sp³-hybridized carbons (Fsp3) is 0.478. The van der Waals surface area contributed by atoms with Crippen molar-refractivity contribution in [1.82, 2.24) is 29.1 Å². The van der Waals surface area contributed by atoms with E-state index in [1.807, 2.05) is 0 Å². The lowest BCUT2D eigenvalue weighted by molar-refractivity contribution is -0.0479. The van der Waals surface area contributed by atoms with Crippen LogP contribution in [0.15, 0.2) is 35.3 Å². The van der Waals surface area contributed by atoms with Gasteiger partial charge >= 0.3 is 10.3 Å². The summed E-state index contributed by atoms with van der Waals surface area (Å²) < 4.78 is 37.8. The molecule has 0 spiro atoms. The Morgan fingerprint density at radius 1 is 1.18 bits per heavy atom. The molecule has 0 radical (unpaired) electrons. The highest BCUT2D eigenvalue weighted by molar-refractivity contribution is 9.10. The summed E-state index contributed by atoms with van der Waals surface area (Å²) in [6, 6.07) is 5.32.